The van der Waals surface area contributed by atoms with Crippen LogP contribution < -0.4 is 0 Å². The highest BCUT2D eigenvalue weighted by molar-refractivity contribution is 8.10. The summed E-state index contributed by atoms with van der Waals surface area (Å²) >= 11 is 7.30. The van der Waals surface area contributed by atoms with Gasteiger partial charge >= 0.3 is 6.61 Å². The maximum absolute atomic E-state index is 10.9. The van der Waals surface area contributed by atoms with Crippen LogP contribution in [0.25, 0.3) is 0 Å². The van der Waals surface area contributed by atoms with Crippen LogP contribution in [0, 0.1) is 0 Å². The van der Waals surface area contributed by atoms with E-state index in [1.54, 1.807) is 0 Å². The Balaban J connectivity index is 3.13. The Bertz CT molecular complexity index is 74.1. The van der Waals surface area contributed by atoms with E-state index in [2.05, 4.69) is 29.6 Å². The number of halogens is 2. The van der Waals surface area contributed by atoms with Crippen LogP contribution in [0.15, 0.2) is 0 Å². The normalized spacial score (nSPS) is 9.14. The second-order valence-corrected chi connectivity index (χ2v) is 1.72. The van der Waals surface area contributed by atoms with Crippen molar-refractivity contribution in [2.24, 2.45) is 0 Å². The fourth-order valence-corrected chi connectivity index (χ4v) is 0.229. The van der Waals surface area contributed by atoms with Crippen molar-refractivity contribution in [1.29, 1.82) is 0 Å². The van der Waals surface area contributed by atoms with Gasteiger partial charge in [0, 0.05) is 0 Å². The SMILES string of the molecule is FC(F)OC(=S)S. The number of thiocarbonyl (C=S) groups is 1. The molecule has 0 N–H and O–H groups in total. The number of hydrogen-bond donors (Lipinski definition) is 1. The largest absolute Gasteiger partial charge is 0.418 e. The average molecular weight is 144 g/mol. The summed E-state index contributed by atoms with van der Waals surface area (Å²) in [4.78, 5) is 0. The third-order valence-electron chi connectivity index (χ3n) is 0.190. The van der Waals surface area contributed by atoms with E-state index >= 15 is 0 Å². The summed E-state index contributed by atoms with van der Waals surface area (Å²) < 4.78 is 24.9. The molecule has 0 aromatic heterocycles. The van der Waals surface area contributed by atoms with Crippen molar-refractivity contribution >= 4 is 29.2 Å². The molecule has 0 bridgehead atoms. The van der Waals surface area contributed by atoms with Gasteiger partial charge in [-0.15, -0.1) is 0 Å². The molecule has 42 valence electrons. The summed E-state index contributed by atoms with van der Waals surface area (Å²) in [5.74, 6) is 0. The van der Waals surface area contributed by atoms with Crippen molar-refractivity contribution in [2.75, 3.05) is 0 Å². The first kappa shape index (κ1) is 7.10. The number of thiol groups is 1. The molecule has 0 aromatic carbocycles. The first-order valence-corrected chi connectivity index (χ1v) is 2.16. The second kappa shape index (κ2) is 3.15. The predicted octanol–water partition coefficient (Wildman–Crippen LogP) is 1.44. The maximum atomic E-state index is 10.9. The van der Waals surface area contributed by atoms with E-state index in [4.69, 9.17) is 0 Å². The molecule has 0 atom stereocenters. The zero-order valence-corrected chi connectivity index (χ0v) is 4.81. The van der Waals surface area contributed by atoms with Crippen molar-refractivity contribution in [1.82, 2.24) is 0 Å². The molecule has 0 saturated carbocycles. The van der Waals surface area contributed by atoms with Crippen molar-refractivity contribution in [3.05, 3.63) is 0 Å². The number of ether oxygens (including phenoxy) is 1. The molecule has 0 unspecified atom stereocenters. The van der Waals surface area contributed by atoms with Crippen molar-refractivity contribution < 1.29 is 13.5 Å². The van der Waals surface area contributed by atoms with Crippen molar-refractivity contribution in [3.8, 4) is 0 Å². The lowest BCUT2D eigenvalue weighted by molar-refractivity contribution is -0.0547. The zero-order valence-electron chi connectivity index (χ0n) is 3.10. The Kier molecular flexibility index (Phi) is 3.19. The minimum atomic E-state index is -2.84. The van der Waals surface area contributed by atoms with Gasteiger partial charge in [-0.25, -0.2) is 0 Å². The first-order chi connectivity index (χ1) is 3.13. The Hall–Kier alpha value is 0.100. The summed E-state index contributed by atoms with van der Waals surface area (Å²) in [7, 11) is 0. The van der Waals surface area contributed by atoms with Crippen LogP contribution in [-0.2, 0) is 4.74 Å². The molecule has 0 spiro atoms. The van der Waals surface area contributed by atoms with E-state index in [1.807, 2.05) is 0 Å². The molecule has 0 fully saturated rings. The average Bonchev–Trinajstić information content (AvgIpc) is 1.27. The van der Waals surface area contributed by atoms with Gasteiger partial charge in [0.15, 0.2) is 0 Å². The van der Waals surface area contributed by atoms with Crippen LogP contribution in [0.2, 0.25) is 0 Å². The van der Waals surface area contributed by atoms with Gasteiger partial charge in [-0.2, -0.15) is 8.78 Å². The highest BCUT2D eigenvalue weighted by Gasteiger charge is 2.00. The van der Waals surface area contributed by atoms with E-state index in [0.29, 0.717) is 0 Å². The van der Waals surface area contributed by atoms with Crippen LogP contribution in [0.3, 0.4) is 0 Å². The molecule has 0 rings (SSSR count). The Labute approximate surface area is 50.1 Å². The fourth-order valence-electron chi connectivity index (χ4n) is 0.0762. The molecular weight excluding hydrogens is 142 g/mol. The predicted molar refractivity (Wildman–Crippen MR) is 28.7 cm³/mol. The van der Waals surface area contributed by atoms with Crippen LogP contribution in [0.4, 0.5) is 8.78 Å². The van der Waals surface area contributed by atoms with Crippen LogP contribution in [-0.4, -0.2) is 11.0 Å². The number of rotatable bonds is 1. The number of alkyl halides is 2. The molecule has 0 radical (unpaired) electrons. The zero-order chi connectivity index (χ0) is 5.86. The molecule has 1 nitrogen and oxygen atoms in total. The van der Waals surface area contributed by atoms with E-state index in [1.165, 1.54) is 0 Å². The van der Waals surface area contributed by atoms with Crippen molar-refractivity contribution in [3.63, 3.8) is 0 Å². The minimum Gasteiger partial charge on any atom is -0.418 e. The third-order valence-corrected chi connectivity index (χ3v) is 0.392. The Morgan fingerprint density at radius 3 is 2.14 bits per heavy atom. The van der Waals surface area contributed by atoms with Crippen LogP contribution in [0.1, 0.15) is 0 Å². The topological polar surface area (TPSA) is 9.23 Å². The molecular formula is C2H2F2OS2. The summed E-state index contributed by atoms with van der Waals surface area (Å²) in [5.41, 5.74) is 0. The summed E-state index contributed by atoms with van der Waals surface area (Å²) in [6.07, 6.45) is 0. The second-order valence-electron chi connectivity index (χ2n) is 0.644. The molecule has 0 saturated heterocycles. The van der Waals surface area contributed by atoms with Crippen molar-refractivity contribution in [2.45, 2.75) is 6.61 Å². The van der Waals surface area contributed by atoms with Gasteiger partial charge in [-0.3, -0.25) is 0 Å². The molecule has 5 heteroatoms. The van der Waals surface area contributed by atoms with Gasteiger partial charge in [0.1, 0.15) is 0 Å². The van der Waals surface area contributed by atoms with E-state index in [9.17, 15) is 8.78 Å². The molecule has 0 amide bonds. The molecule has 7 heavy (non-hydrogen) atoms. The lowest BCUT2D eigenvalue weighted by Crippen LogP contribution is -1.99. The lowest BCUT2D eigenvalue weighted by atomic mass is 11.4. The molecule has 0 aliphatic rings. The monoisotopic (exact) mass is 144 g/mol. The van der Waals surface area contributed by atoms with Gasteiger partial charge in [-0.05, 0) is 12.2 Å². The summed E-state index contributed by atoms with van der Waals surface area (Å²) in [5, 5.41) is 0. The third kappa shape index (κ3) is 6.10. The molecule has 0 aliphatic carbocycles. The summed E-state index contributed by atoms with van der Waals surface area (Å²) in [6, 6.07) is 0. The van der Waals surface area contributed by atoms with Crippen LogP contribution in [0.5, 0.6) is 0 Å². The van der Waals surface area contributed by atoms with Gasteiger partial charge < -0.3 is 4.74 Å². The highest BCUT2D eigenvalue weighted by atomic mass is 32.1. The first-order valence-electron chi connectivity index (χ1n) is 1.30. The van der Waals surface area contributed by atoms with E-state index in [-0.39, 0.29) is 0 Å². The molecule has 0 aromatic rings. The maximum Gasteiger partial charge on any atom is 0.388 e. The number of hydrogen-bond acceptors (Lipinski definition) is 2. The van der Waals surface area contributed by atoms with E-state index in [0.717, 1.165) is 0 Å². The lowest BCUT2D eigenvalue weighted by Gasteiger charge is -1.96. The fraction of sp³-hybridized carbons (Fsp3) is 0.500. The molecule has 0 heterocycles. The molecule has 0 aliphatic heterocycles. The highest BCUT2D eigenvalue weighted by Crippen LogP contribution is 1.97. The van der Waals surface area contributed by atoms with Gasteiger partial charge in [0.2, 0.25) is 4.38 Å². The smallest absolute Gasteiger partial charge is 0.388 e. The Morgan fingerprint density at radius 1 is 1.71 bits per heavy atom. The summed E-state index contributed by atoms with van der Waals surface area (Å²) in [6.45, 7) is -2.84. The minimum absolute atomic E-state index is 0.435. The Morgan fingerprint density at radius 2 is 2.14 bits per heavy atom. The standard InChI is InChI=1S/C2H2F2OS2/c3-1(4)5-2(6)7/h1H,(H,6,7). The van der Waals surface area contributed by atoms with Gasteiger partial charge in [0.05, 0.1) is 0 Å². The quantitative estimate of drug-likeness (QED) is 0.440. The van der Waals surface area contributed by atoms with E-state index < -0.39 is 11.0 Å². The van der Waals surface area contributed by atoms with Crippen LogP contribution >= 0.6 is 24.8 Å². The van der Waals surface area contributed by atoms with Gasteiger partial charge in [-0.1, -0.05) is 12.6 Å². The van der Waals surface area contributed by atoms with Gasteiger partial charge in [0.25, 0.3) is 0 Å².